The Morgan fingerprint density at radius 3 is 2.28 bits per heavy atom. The lowest BCUT2D eigenvalue weighted by atomic mass is 9.91. The molecule has 0 aliphatic heterocycles. The van der Waals surface area contributed by atoms with Gasteiger partial charge in [0.2, 0.25) is 0 Å². The summed E-state index contributed by atoms with van der Waals surface area (Å²) >= 11 is 0. The molecule has 3 rings (SSSR count). The molecule has 0 bridgehead atoms. The first-order chi connectivity index (χ1) is 15.4. The third-order valence-corrected chi connectivity index (χ3v) is 5.50. The fraction of sp³-hybridized carbons (Fsp3) is 0.346. The van der Waals surface area contributed by atoms with Crippen LogP contribution in [0.3, 0.4) is 0 Å². The van der Waals surface area contributed by atoms with E-state index in [1.54, 1.807) is 0 Å². The van der Waals surface area contributed by atoms with Crippen LogP contribution >= 0.6 is 0 Å². The SMILES string of the molecule is CC(=O)OC1CCC([C@H](C)NC(=O)OCc2ccccc2)=CC(Cc2ccccc2)C1=O. The Morgan fingerprint density at radius 1 is 1.03 bits per heavy atom. The van der Waals surface area contributed by atoms with Gasteiger partial charge in [-0.3, -0.25) is 9.59 Å². The van der Waals surface area contributed by atoms with Crippen molar-refractivity contribution in [3.05, 3.63) is 83.4 Å². The summed E-state index contributed by atoms with van der Waals surface area (Å²) in [5.41, 5.74) is 2.85. The number of benzene rings is 2. The lowest BCUT2D eigenvalue weighted by Crippen LogP contribution is -2.34. The van der Waals surface area contributed by atoms with Crippen LogP contribution in [0, 0.1) is 5.92 Å². The quantitative estimate of drug-likeness (QED) is 0.516. The minimum atomic E-state index is -0.785. The van der Waals surface area contributed by atoms with Gasteiger partial charge in [-0.2, -0.15) is 0 Å². The third-order valence-electron chi connectivity index (χ3n) is 5.50. The second kappa shape index (κ2) is 11.3. The maximum absolute atomic E-state index is 13.1. The zero-order chi connectivity index (χ0) is 22.9. The molecule has 0 saturated heterocycles. The Hall–Kier alpha value is -3.41. The number of amides is 1. The Bertz CT molecular complexity index is 955. The molecule has 1 N–H and O–H groups in total. The Balaban J connectivity index is 1.69. The number of esters is 1. The second-order valence-corrected chi connectivity index (χ2v) is 8.00. The molecule has 2 unspecified atom stereocenters. The Morgan fingerprint density at radius 2 is 1.66 bits per heavy atom. The summed E-state index contributed by atoms with van der Waals surface area (Å²) in [6, 6.07) is 18.9. The van der Waals surface area contributed by atoms with Crippen molar-refractivity contribution in [3.8, 4) is 0 Å². The molecule has 168 valence electrons. The lowest BCUT2D eigenvalue weighted by molar-refractivity contribution is -0.154. The highest BCUT2D eigenvalue weighted by Crippen LogP contribution is 2.26. The summed E-state index contributed by atoms with van der Waals surface area (Å²) in [7, 11) is 0. The van der Waals surface area contributed by atoms with E-state index in [1.165, 1.54) is 6.92 Å². The van der Waals surface area contributed by atoms with E-state index in [0.717, 1.165) is 16.7 Å². The van der Waals surface area contributed by atoms with E-state index in [4.69, 9.17) is 9.47 Å². The van der Waals surface area contributed by atoms with Gasteiger partial charge >= 0.3 is 12.1 Å². The summed E-state index contributed by atoms with van der Waals surface area (Å²) in [6.07, 6.45) is 2.05. The number of Topliss-reactive ketones (excluding diaryl/α,β-unsaturated/α-hetero) is 1. The number of carbonyl (C=O) groups excluding carboxylic acids is 3. The average molecular weight is 436 g/mol. The van der Waals surface area contributed by atoms with E-state index in [1.807, 2.05) is 73.7 Å². The molecule has 0 heterocycles. The predicted molar refractivity (Wildman–Crippen MR) is 121 cm³/mol. The van der Waals surface area contributed by atoms with E-state index in [2.05, 4.69) is 5.32 Å². The van der Waals surface area contributed by atoms with Crippen molar-refractivity contribution in [1.29, 1.82) is 0 Å². The fourth-order valence-corrected chi connectivity index (χ4v) is 3.84. The molecule has 2 aromatic carbocycles. The molecule has 0 spiro atoms. The minimum Gasteiger partial charge on any atom is -0.455 e. The topological polar surface area (TPSA) is 81.7 Å². The van der Waals surface area contributed by atoms with Crippen LogP contribution in [-0.4, -0.2) is 30.0 Å². The van der Waals surface area contributed by atoms with Gasteiger partial charge in [0.05, 0.1) is 6.04 Å². The maximum Gasteiger partial charge on any atom is 0.407 e. The lowest BCUT2D eigenvalue weighted by Gasteiger charge is -2.18. The highest BCUT2D eigenvalue weighted by Gasteiger charge is 2.32. The molecule has 0 radical (unpaired) electrons. The smallest absolute Gasteiger partial charge is 0.407 e. The number of ketones is 1. The summed E-state index contributed by atoms with van der Waals surface area (Å²) in [6.45, 7) is 3.36. The van der Waals surface area contributed by atoms with Crippen LogP contribution in [0.25, 0.3) is 0 Å². The number of carbonyl (C=O) groups is 3. The molecule has 0 fully saturated rings. The fourth-order valence-electron chi connectivity index (χ4n) is 3.84. The summed E-state index contributed by atoms with van der Waals surface area (Å²) in [4.78, 5) is 36.9. The third kappa shape index (κ3) is 6.80. The maximum atomic E-state index is 13.1. The molecule has 0 aromatic heterocycles. The highest BCUT2D eigenvalue weighted by molar-refractivity contribution is 5.89. The van der Waals surface area contributed by atoms with Crippen LogP contribution in [0.5, 0.6) is 0 Å². The first-order valence-corrected chi connectivity index (χ1v) is 10.8. The van der Waals surface area contributed by atoms with Crippen LogP contribution in [-0.2, 0) is 32.1 Å². The largest absolute Gasteiger partial charge is 0.455 e. The van der Waals surface area contributed by atoms with Crippen molar-refractivity contribution >= 4 is 17.8 Å². The summed E-state index contributed by atoms with van der Waals surface area (Å²) < 4.78 is 10.6. The number of allylic oxidation sites excluding steroid dienone is 1. The van der Waals surface area contributed by atoms with Gasteiger partial charge in [-0.05, 0) is 37.3 Å². The van der Waals surface area contributed by atoms with Gasteiger partial charge in [0.15, 0.2) is 11.9 Å². The zero-order valence-corrected chi connectivity index (χ0v) is 18.5. The Kier molecular flexibility index (Phi) is 8.20. The van der Waals surface area contributed by atoms with Crippen LogP contribution in [0.15, 0.2) is 72.3 Å². The molecule has 6 heteroatoms. The van der Waals surface area contributed by atoms with Gasteiger partial charge < -0.3 is 14.8 Å². The molecule has 6 nitrogen and oxygen atoms in total. The number of ether oxygens (including phenoxy) is 2. The van der Waals surface area contributed by atoms with E-state index < -0.39 is 24.1 Å². The summed E-state index contributed by atoms with van der Waals surface area (Å²) in [5, 5.41) is 2.85. The van der Waals surface area contributed by atoms with Gasteiger partial charge in [-0.25, -0.2) is 4.79 Å². The monoisotopic (exact) mass is 435 g/mol. The molecule has 1 aliphatic carbocycles. The minimum absolute atomic E-state index is 0.113. The van der Waals surface area contributed by atoms with Crippen LogP contribution in [0.4, 0.5) is 4.79 Å². The molecule has 1 amide bonds. The molecule has 1 aliphatic rings. The van der Waals surface area contributed by atoms with Gasteiger partial charge in [-0.1, -0.05) is 72.3 Å². The van der Waals surface area contributed by atoms with Crippen molar-refractivity contribution in [2.75, 3.05) is 0 Å². The number of hydrogen-bond donors (Lipinski definition) is 1. The molecule has 2 aromatic rings. The van der Waals surface area contributed by atoms with Crippen molar-refractivity contribution in [2.45, 2.75) is 51.9 Å². The predicted octanol–water partition coefficient (Wildman–Crippen LogP) is 4.38. The van der Waals surface area contributed by atoms with Crippen molar-refractivity contribution in [1.82, 2.24) is 5.32 Å². The van der Waals surface area contributed by atoms with Crippen LogP contribution in [0.1, 0.15) is 37.8 Å². The van der Waals surface area contributed by atoms with E-state index >= 15 is 0 Å². The van der Waals surface area contributed by atoms with Crippen LogP contribution < -0.4 is 5.32 Å². The van der Waals surface area contributed by atoms with Gasteiger partial charge in [-0.15, -0.1) is 0 Å². The molecular weight excluding hydrogens is 406 g/mol. The van der Waals surface area contributed by atoms with Crippen molar-refractivity contribution < 1.29 is 23.9 Å². The summed E-state index contributed by atoms with van der Waals surface area (Å²) in [5.74, 6) is -1.03. The molecule has 0 saturated carbocycles. The number of hydrogen-bond acceptors (Lipinski definition) is 5. The van der Waals surface area contributed by atoms with Gasteiger partial charge in [0, 0.05) is 12.8 Å². The number of alkyl carbamates (subject to hydrolysis) is 1. The van der Waals surface area contributed by atoms with E-state index in [9.17, 15) is 14.4 Å². The molecule has 32 heavy (non-hydrogen) atoms. The van der Waals surface area contributed by atoms with Crippen molar-refractivity contribution in [2.24, 2.45) is 5.92 Å². The first kappa shape index (κ1) is 23.3. The highest BCUT2D eigenvalue weighted by atomic mass is 16.6. The average Bonchev–Trinajstić information content (AvgIpc) is 2.93. The number of nitrogens with one attached hydrogen (secondary N) is 1. The first-order valence-electron chi connectivity index (χ1n) is 10.8. The molecule has 3 atom stereocenters. The van der Waals surface area contributed by atoms with Crippen molar-refractivity contribution in [3.63, 3.8) is 0 Å². The number of rotatable bonds is 7. The van der Waals surface area contributed by atoms with Gasteiger partial charge in [0.25, 0.3) is 0 Å². The molecular formula is C26H29NO5. The van der Waals surface area contributed by atoms with Crippen LogP contribution in [0.2, 0.25) is 0 Å². The zero-order valence-electron chi connectivity index (χ0n) is 18.5. The normalized spacial score (nSPS) is 19.3. The van der Waals surface area contributed by atoms with E-state index in [0.29, 0.717) is 19.3 Å². The standard InChI is InChI=1S/C26H29NO5/c1-18(27-26(30)31-17-21-11-7-4-8-12-21)22-13-14-24(32-19(2)28)25(29)23(16-22)15-20-9-5-3-6-10-20/h3-12,16,18,23-24H,13-15,17H2,1-2H3,(H,27,30)/t18-,23?,24?/m0/s1. The van der Waals surface area contributed by atoms with Gasteiger partial charge in [0.1, 0.15) is 6.61 Å². The van der Waals surface area contributed by atoms with E-state index in [-0.39, 0.29) is 18.4 Å². The Labute approximate surface area is 188 Å². The second-order valence-electron chi connectivity index (χ2n) is 8.00.